The molecule has 2 N–H and O–H groups in total. The van der Waals surface area contributed by atoms with Crippen LogP contribution in [0, 0.1) is 0 Å². The van der Waals surface area contributed by atoms with Crippen molar-refractivity contribution >= 4 is 9.84 Å². The lowest BCUT2D eigenvalue weighted by Crippen LogP contribution is -2.29. The molecule has 18 heavy (non-hydrogen) atoms. The van der Waals surface area contributed by atoms with Crippen LogP contribution in [0.2, 0.25) is 0 Å². The Balaban J connectivity index is 2.01. The molecule has 0 amide bonds. The summed E-state index contributed by atoms with van der Waals surface area (Å²) in [5, 5.41) is 18.4. The van der Waals surface area contributed by atoms with E-state index in [1.807, 2.05) is 0 Å². The van der Waals surface area contributed by atoms with Gasteiger partial charge in [0, 0.05) is 6.61 Å². The molecule has 100 valence electrons. The summed E-state index contributed by atoms with van der Waals surface area (Å²) < 4.78 is 28.1. The molecular formula is C12H16O5S. The maximum atomic E-state index is 11.3. The summed E-state index contributed by atoms with van der Waals surface area (Å²) in [5.41, 5.74) is 0.976. The minimum absolute atomic E-state index is 0.0831. The molecule has 0 saturated carbocycles. The largest absolute Gasteiger partial charge is 0.487 e. The lowest BCUT2D eigenvalue weighted by atomic mass is 10.1. The van der Waals surface area contributed by atoms with Crippen LogP contribution in [0.1, 0.15) is 5.56 Å². The highest BCUT2D eigenvalue weighted by Crippen LogP contribution is 2.20. The summed E-state index contributed by atoms with van der Waals surface area (Å²) in [6.07, 6.45) is -1.09. The predicted octanol–water partition coefficient (Wildman–Crippen LogP) is -0.242. The first-order chi connectivity index (χ1) is 8.50. The maximum Gasteiger partial charge on any atom is 0.156 e. The summed E-state index contributed by atoms with van der Waals surface area (Å²) >= 11 is 0. The van der Waals surface area contributed by atoms with Crippen LogP contribution in [-0.4, -0.2) is 49.0 Å². The summed E-state index contributed by atoms with van der Waals surface area (Å²) in [6.45, 7) is 0.0831. The molecule has 1 aromatic carbocycles. The fraction of sp³-hybridized carbons (Fsp3) is 0.500. The van der Waals surface area contributed by atoms with E-state index in [1.165, 1.54) is 0 Å². The van der Waals surface area contributed by atoms with E-state index < -0.39 is 22.0 Å². The summed E-state index contributed by atoms with van der Waals surface area (Å²) in [5.74, 6) is 0.144. The molecule has 1 aliphatic rings. The van der Waals surface area contributed by atoms with Crippen LogP contribution in [0.5, 0.6) is 5.75 Å². The Morgan fingerprint density at radius 3 is 2.39 bits per heavy atom. The zero-order chi connectivity index (χ0) is 13.2. The second-order valence-corrected chi connectivity index (χ2v) is 6.57. The third kappa shape index (κ3) is 3.22. The molecule has 0 bridgehead atoms. The Hall–Kier alpha value is -1.11. The molecule has 1 aliphatic heterocycles. The van der Waals surface area contributed by atoms with Crippen molar-refractivity contribution in [3.05, 3.63) is 29.8 Å². The van der Waals surface area contributed by atoms with E-state index in [1.54, 1.807) is 24.3 Å². The minimum atomic E-state index is -3.19. The Bertz CT molecular complexity index is 494. The monoisotopic (exact) mass is 272 g/mol. The number of hydrogen-bond acceptors (Lipinski definition) is 5. The van der Waals surface area contributed by atoms with Crippen LogP contribution >= 0.6 is 0 Å². The number of aliphatic hydroxyl groups is 2. The average molecular weight is 272 g/mol. The van der Waals surface area contributed by atoms with Gasteiger partial charge in [-0.3, -0.25) is 0 Å². The van der Waals surface area contributed by atoms with Crippen LogP contribution in [0.25, 0.3) is 0 Å². The van der Waals surface area contributed by atoms with Crippen molar-refractivity contribution in [1.29, 1.82) is 0 Å². The van der Waals surface area contributed by atoms with Crippen molar-refractivity contribution in [2.75, 3.05) is 18.1 Å². The molecule has 1 heterocycles. The first kappa shape index (κ1) is 13.3. The topological polar surface area (TPSA) is 83.8 Å². The van der Waals surface area contributed by atoms with Crippen molar-refractivity contribution in [1.82, 2.24) is 0 Å². The van der Waals surface area contributed by atoms with Gasteiger partial charge in [0.05, 0.1) is 11.5 Å². The maximum absolute atomic E-state index is 11.3. The van der Waals surface area contributed by atoms with Gasteiger partial charge in [-0.15, -0.1) is 0 Å². The van der Waals surface area contributed by atoms with Gasteiger partial charge in [0.15, 0.2) is 9.84 Å². The molecule has 5 nitrogen and oxygen atoms in total. The van der Waals surface area contributed by atoms with Crippen LogP contribution in [-0.2, 0) is 16.3 Å². The third-order valence-electron chi connectivity index (χ3n) is 2.88. The Morgan fingerprint density at radius 1 is 1.22 bits per heavy atom. The highest BCUT2D eigenvalue weighted by molar-refractivity contribution is 7.91. The smallest absolute Gasteiger partial charge is 0.156 e. The number of hydrogen-bond donors (Lipinski definition) is 2. The van der Waals surface area contributed by atoms with Gasteiger partial charge in [-0.1, -0.05) is 12.1 Å². The van der Waals surface area contributed by atoms with E-state index in [-0.39, 0.29) is 18.1 Å². The number of benzene rings is 1. The van der Waals surface area contributed by atoms with E-state index >= 15 is 0 Å². The molecule has 0 radical (unpaired) electrons. The van der Waals surface area contributed by atoms with Crippen molar-refractivity contribution in [3.63, 3.8) is 0 Å². The van der Waals surface area contributed by atoms with Crippen LogP contribution in [0.3, 0.4) is 0 Å². The van der Waals surface area contributed by atoms with Crippen molar-refractivity contribution in [2.24, 2.45) is 0 Å². The first-order valence-electron chi connectivity index (χ1n) is 5.75. The molecule has 2 rings (SSSR count). The first-order valence-corrected chi connectivity index (χ1v) is 7.57. The van der Waals surface area contributed by atoms with Gasteiger partial charge in [0.1, 0.15) is 18.0 Å². The second kappa shape index (κ2) is 5.26. The molecule has 1 fully saturated rings. The Labute approximate surface area is 106 Å². The Morgan fingerprint density at radius 2 is 1.89 bits per heavy atom. The van der Waals surface area contributed by atoms with E-state index in [0.717, 1.165) is 5.56 Å². The predicted molar refractivity (Wildman–Crippen MR) is 66.3 cm³/mol. The van der Waals surface area contributed by atoms with Gasteiger partial charge in [-0.2, -0.15) is 0 Å². The van der Waals surface area contributed by atoms with E-state index in [0.29, 0.717) is 12.2 Å². The molecule has 2 unspecified atom stereocenters. The van der Waals surface area contributed by atoms with E-state index in [2.05, 4.69) is 0 Å². The number of ether oxygens (including phenoxy) is 1. The number of sulfone groups is 1. The molecule has 2 atom stereocenters. The number of rotatable bonds is 4. The molecule has 0 aromatic heterocycles. The molecule has 0 spiro atoms. The Kier molecular flexibility index (Phi) is 3.89. The second-order valence-electron chi connectivity index (χ2n) is 4.42. The van der Waals surface area contributed by atoms with E-state index in [9.17, 15) is 13.5 Å². The van der Waals surface area contributed by atoms with Crippen molar-refractivity contribution < 1.29 is 23.4 Å². The molecule has 1 saturated heterocycles. The van der Waals surface area contributed by atoms with Crippen molar-refractivity contribution in [2.45, 2.75) is 18.6 Å². The molecule has 0 aliphatic carbocycles. The zero-order valence-corrected chi connectivity index (χ0v) is 10.6. The van der Waals surface area contributed by atoms with E-state index in [4.69, 9.17) is 9.84 Å². The highest BCUT2D eigenvalue weighted by atomic mass is 32.2. The molecule has 6 heteroatoms. The van der Waals surface area contributed by atoms with Gasteiger partial charge in [0.2, 0.25) is 0 Å². The fourth-order valence-corrected chi connectivity index (χ4v) is 3.61. The SMILES string of the molecule is O=S1(=O)CC(O)C(Oc2ccc(CCO)cc2)C1. The zero-order valence-electron chi connectivity index (χ0n) is 9.82. The summed E-state index contributed by atoms with van der Waals surface area (Å²) in [4.78, 5) is 0. The van der Waals surface area contributed by atoms with Crippen LogP contribution in [0.15, 0.2) is 24.3 Å². The average Bonchev–Trinajstić information content (AvgIpc) is 2.55. The third-order valence-corrected chi connectivity index (χ3v) is 4.57. The van der Waals surface area contributed by atoms with Gasteiger partial charge < -0.3 is 14.9 Å². The van der Waals surface area contributed by atoms with Crippen molar-refractivity contribution in [3.8, 4) is 5.75 Å². The molecule has 1 aromatic rings. The fourth-order valence-electron chi connectivity index (χ4n) is 1.95. The van der Waals surface area contributed by atoms with Gasteiger partial charge in [0.25, 0.3) is 0 Å². The lowest BCUT2D eigenvalue weighted by molar-refractivity contribution is 0.0738. The molecular weight excluding hydrogens is 256 g/mol. The van der Waals surface area contributed by atoms with Gasteiger partial charge >= 0.3 is 0 Å². The normalized spacial score (nSPS) is 26.1. The van der Waals surface area contributed by atoms with Crippen LogP contribution in [0.4, 0.5) is 0 Å². The van der Waals surface area contributed by atoms with Gasteiger partial charge in [-0.25, -0.2) is 8.42 Å². The quantitative estimate of drug-likeness (QED) is 0.790. The lowest BCUT2D eigenvalue weighted by Gasteiger charge is -2.15. The highest BCUT2D eigenvalue weighted by Gasteiger charge is 2.38. The number of aliphatic hydroxyl groups excluding tert-OH is 2. The van der Waals surface area contributed by atoms with Crippen LogP contribution < -0.4 is 4.74 Å². The van der Waals surface area contributed by atoms with Gasteiger partial charge in [-0.05, 0) is 24.1 Å². The summed E-state index contributed by atoms with van der Waals surface area (Å²) in [6, 6.07) is 7.04. The minimum Gasteiger partial charge on any atom is -0.487 e. The summed E-state index contributed by atoms with van der Waals surface area (Å²) in [7, 11) is -3.19. The standard InChI is InChI=1S/C12H16O5S/c13-6-5-9-1-3-10(4-2-9)17-12-8-18(15,16)7-11(12)14/h1-4,11-14H,5-8H2.